The molecule has 2 heterocycles. The Balaban J connectivity index is 2.29. The molecule has 0 aliphatic carbocycles. The van der Waals surface area contributed by atoms with E-state index in [2.05, 4.69) is 16.8 Å². The molecule has 1 saturated heterocycles. The van der Waals surface area contributed by atoms with E-state index >= 15 is 0 Å². The number of hydrogen-bond donors (Lipinski definition) is 0. The van der Waals surface area contributed by atoms with Gasteiger partial charge in [0.15, 0.2) is 0 Å². The second-order valence-electron chi connectivity index (χ2n) is 4.65. The molecule has 1 aliphatic heterocycles. The van der Waals surface area contributed by atoms with Crippen molar-refractivity contribution in [2.75, 3.05) is 11.4 Å². The lowest BCUT2D eigenvalue weighted by Gasteiger charge is -2.28. The first-order valence-corrected chi connectivity index (χ1v) is 6.54. The van der Waals surface area contributed by atoms with Gasteiger partial charge in [0.25, 0.3) is 5.69 Å². The van der Waals surface area contributed by atoms with Crippen molar-refractivity contribution in [3.05, 3.63) is 27.4 Å². The molecule has 1 unspecified atom stereocenters. The minimum atomic E-state index is -0.478. The number of hydrogen-bond acceptors (Lipinski definition) is 4. The van der Waals surface area contributed by atoms with Crippen LogP contribution in [0, 0.1) is 10.1 Å². The van der Waals surface area contributed by atoms with Gasteiger partial charge in [-0.3, -0.25) is 10.1 Å². The fourth-order valence-corrected chi connectivity index (χ4v) is 2.59. The Morgan fingerprint density at radius 3 is 2.94 bits per heavy atom. The lowest BCUT2D eigenvalue weighted by Crippen LogP contribution is -2.33. The largest absolute Gasteiger partial charge is 0.353 e. The number of rotatable bonds is 2. The highest BCUT2D eigenvalue weighted by molar-refractivity contribution is 6.33. The van der Waals surface area contributed by atoms with Crippen molar-refractivity contribution < 1.29 is 4.92 Å². The van der Waals surface area contributed by atoms with Gasteiger partial charge in [-0.2, -0.15) is 0 Å². The first kappa shape index (κ1) is 13.1. The molecule has 1 aromatic heterocycles. The van der Waals surface area contributed by atoms with E-state index in [1.54, 1.807) is 0 Å². The molecule has 98 valence electrons. The molecule has 1 fully saturated rings. The van der Waals surface area contributed by atoms with Gasteiger partial charge in [0, 0.05) is 18.7 Å². The van der Waals surface area contributed by atoms with Gasteiger partial charge < -0.3 is 4.90 Å². The van der Waals surface area contributed by atoms with Crippen LogP contribution in [0.4, 0.5) is 11.5 Å². The molecule has 2 rings (SSSR count). The lowest BCUT2D eigenvalue weighted by atomic mass is 10.1. The van der Waals surface area contributed by atoms with Gasteiger partial charge in [-0.25, -0.2) is 4.98 Å². The molecule has 0 amide bonds. The predicted molar refractivity (Wildman–Crippen MR) is 71.2 cm³/mol. The zero-order valence-electron chi connectivity index (χ0n) is 10.3. The Hall–Kier alpha value is -1.36. The summed E-state index contributed by atoms with van der Waals surface area (Å²) in [7, 11) is 0. The van der Waals surface area contributed by atoms with Crippen molar-refractivity contribution in [1.29, 1.82) is 0 Å². The molecule has 5 nitrogen and oxygen atoms in total. The monoisotopic (exact) mass is 269 g/mol. The van der Waals surface area contributed by atoms with Gasteiger partial charge in [-0.05, 0) is 19.8 Å². The second-order valence-corrected chi connectivity index (χ2v) is 5.06. The first-order valence-electron chi connectivity index (χ1n) is 6.16. The smallest absolute Gasteiger partial charge is 0.289 e. The van der Waals surface area contributed by atoms with Gasteiger partial charge in [0.1, 0.15) is 12.0 Å². The molecule has 1 aromatic rings. The van der Waals surface area contributed by atoms with Crippen molar-refractivity contribution in [1.82, 2.24) is 4.98 Å². The standard InChI is InChI=1S/C12H16ClN3O2/c1-9-5-3-2-4-6-15(9)12-11(13)7-10(8-14-12)16(17)18/h7-9H,2-6H2,1H3. The van der Waals surface area contributed by atoms with E-state index in [9.17, 15) is 10.1 Å². The maximum Gasteiger partial charge on any atom is 0.289 e. The average molecular weight is 270 g/mol. The summed E-state index contributed by atoms with van der Waals surface area (Å²) in [6.45, 7) is 3.05. The number of nitrogens with zero attached hydrogens (tertiary/aromatic N) is 3. The minimum Gasteiger partial charge on any atom is -0.353 e. The average Bonchev–Trinajstić information content (AvgIpc) is 2.54. The molecular formula is C12H16ClN3O2. The van der Waals surface area contributed by atoms with E-state index in [1.165, 1.54) is 25.1 Å². The Bertz CT molecular complexity index is 453. The summed E-state index contributed by atoms with van der Waals surface area (Å²) in [6, 6.07) is 1.75. The van der Waals surface area contributed by atoms with Crippen LogP contribution in [0.5, 0.6) is 0 Å². The highest BCUT2D eigenvalue weighted by atomic mass is 35.5. The lowest BCUT2D eigenvalue weighted by molar-refractivity contribution is -0.385. The molecule has 1 aliphatic rings. The van der Waals surface area contributed by atoms with E-state index < -0.39 is 4.92 Å². The summed E-state index contributed by atoms with van der Waals surface area (Å²) >= 11 is 6.12. The van der Waals surface area contributed by atoms with Crippen LogP contribution in [0.25, 0.3) is 0 Å². The summed E-state index contributed by atoms with van der Waals surface area (Å²) in [5.74, 6) is 0.664. The summed E-state index contributed by atoms with van der Waals surface area (Å²) in [4.78, 5) is 16.5. The first-order chi connectivity index (χ1) is 8.59. The molecule has 6 heteroatoms. The summed E-state index contributed by atoms with van der Waals surface area (Å²) in [5.41, 5.74) is -0.0637. The normalized spacial score (nSPS) is 20.6. The molecule has 0 bridgehead atoms. The summed E-state index contributed by atoms with van der Waals surface area (Å²) in [5, 5.41) is 11.0. The Kier molecular flexibility index (Phi) is 4.01. The molecular weight excluding hydrogens is 254 g/mol. The van der Waals surface area contributed by atoms with Crippen molar-refractivity contribution in [3.8, 4) is 0 Å². The van der Waals surface area contributed by atoms with Crippen molar-refractivity contribution in [2.45, 2.75) is 38.6 Å². The highest BCUT2D eigenvalue weighted by Crippen LogP contribution is 2.30. The van der Waals surface area contributed by atoms with E-state index in [0.717, 1.165) is 19.4 Å². The molecule has 18 heavy (non-hydrogen) atoms. The second kappa shape index (κ2) is 5.52. The zero-order valence-corrected chi connectivity index (χ0v) is 11.1. The van der Waals surface area contributed by atoms with Crippen LogP contribution in [-0.2, 0) is 0 Å². The third-order valence-electron chi connectivity index (χ3n) is 3.34. The van der Waals surface area contributed by atoms with Crippen LogP contribution >= 0.6 is 11.6 Å². The fraction of sp³-hybridized carbons (Fsp3) is 0.583. The van der Waals surface area contributed by atoms with Crippen LogP contribution in [0.2, 0.25) is 5.02 Å². The Labute approximate surface area is 111 Å². The highest BCUT2D eigenvalue weighted by Gasteiger charge is 2.22. The molecule has 1 atom stereocenters. The van der Waals surface area contributed by atoms with Crippen molar-refractivity contribution in [3.63, 3.8) is 0 Å². The third kappa shape index (κ3) is 2.72. The fourth-order valence-electron chi connectivity index (χ4n) is 2.32. The van der Waals surface area contributed by atoms with Gasteiger partial charge in [0.05, 0.1) is 9.95 Å². The molecule has 0 spiro atoms. The van der Waals surface area contributed by atoms with Crippen LogP contribution in [0.1, 0.15) is 32.6 Å². The Morgan fingerprint density at radius 2 is 2.28 bits per heavy atom. The topological polar surface area (TPSA) is 59.3 Å². The number of nitro groups is 1. The van der Waals surface area contributed by atoms with Crippen LogP contribution in [0.15, 0.2) is 12.3 Å². The van der Waals surface area contributed by atoms with Gasteiger partial charge in [-0.15, -0.1) is 0 Å². The third-order valence-corrected chi connectivity index (χ3v) is 3.62. The number of aromatic nitrogens is 1. The summed E-state index contributed by atoms with van der Waals surface area (Å²) < 4.78 is 0. The number of pyridine rings is 1. The quantitative estimate of drug-likeness (QED) is 0.610. The minimum absolute atomic E-state index is 0.0637. The van der Waals surface area contributed by atoms with Crippen LogP contribution in [-0.4, -0.2) is 22.5 Å². The Morgan fingerprint density at radius 1 is 1.50 bits per heavy atom. The maximum absolute atomic E-state index is 10.7. The van der Waals surface area contributed by atoms with Crippen LogP contribution in [0.3, 0.4) is 0 Å². The number of halogens is 1. The summed E-state index contributed by atoms with van der Waals surface area (Å²) in [6.07, 6.45) is 5.92. The van der Waals surface area contributed by atoms with Gasteiger partial charge in [-0.1, -0.05) is 24.4 Å². The maximum atomic E-state index is 10.7. The van der Waals surface area contributed by atoms with Crippen LogP contribution < -0.4 is 4.90 Å². The van der Waals surface area contributed by atoms with Crippen molar-refractivity contribution >= 4 is 23.1 Å². The van der Waals surface area contributed by atoms with Gasteiger partial charge >= 0.3 is 0 Å². The predicted octanol–water partition coefficient (Wildman–Crippen LogP) is 3.41. The van der Waals surface area contributed by atoms with E-state index in [0.29, 0.717) is 16.9 Å². The van der Waals surface area contributed by atoms with E-state index in [4.69, 9.17) is 11.6 Å². The van der Waals surface area contributed by atoms with Gasteiger partial charge in [0.2, 0.25) is 0 Å². The van der Waals surface area contributed by atoms with Crippen molar-refractivity contribution in [2.24, 2.45) is 0 Å². The SMILES string of the molecule is CC1CCCCCN1c1ncc([N+](=O)[O-])cc1Cl. The van der Waals surface area contributed by atoms with E-state index in [1.807, 2.05) is 0 Å². The number of anilines is 1. The zero-order chi connectivity index (χ0) is 13.1. The molecule has 0 radical (unpaired) electrons. The van der Waals surface area contributed by atoms with E-state index in [-0.39, 0.29) is 5.69 Å². The molecule has 0 N–H and O–H groups in total. The molecule has 0 saturated carbocycles. The molecule has 0 aromatic carbocycles.